The van der Waals surface area contributed by atoms with E-state index in [9.17, 15) is 4.79 Å². The SMILES string of the molecule is CCN(CC)Cc1ccc(CNC(=O)c2ccc(CN3CCCCC3)cc2)cc1. The molecule has 4 heteroatoms. The zero-order valence-corrected chi connectivity index (χ0v) is 18.0. The average molecular weight is 394 g/mol. The summed E-state index contributed by atoms with van der Waals surface area (Å²) in [5.74, 6) is -0.0123. The quantitative estimate of drug-likeness (QED) is 0.684. The van der Waals surface area contributed by atoms with Crippen molar-refractivity contribution in [2.24, 2.45) is 0 Å². The van der Waals surface area contributed by atoms with E-state index < -0.39 is 0 Å². The third-order valence-corrected chi connectivity index (χ3v) is 5.85. The number of piperidine rings is 1. The molecule has 0 unspecified atom stereocenters. The minimum absolute atomic E-state index is 0.0123. The number of nitrogens with one attached hydrogen (secondary N) is 1. The van der Waals surface area contributed by atoms with E-state index >= 15 is 0 Å². The fourth-order valence-electron chi connectivity index (χ4n) is 3.89. The van der Waals surface area contributed by atoms with E-state index in [4.69, 9.17) is 0 Å². The highest BCUT2D eigenvalue weighted by atomic mass is 16.1. The van der Waals surface area contributed by atoms with Gasteiger partial charge in [0.2, 0.25) is 0 Å². The first-order valence-corrected chi connectivity index (χ1v) is 11.1. The highest BCUT2D eigenvalue weighted by Crippen LogP contribution is 2.14. The molecule has 1 fully saturated rings. The van der Waals surface area contributed by atoms with E-state index in [-0.39, 0.29) is 5.91 Å². The van der Waals surface area contributed by atoms with Crippen LogP contribution in [0.5, 0.6) is 0 Å². The molecule has 0 aromatic heterocycles. The molecular weight excluding hydrogens is 358 g/mol. The summed E-state index contributed by atoms with van der Waals surface area (Å²) in [7, 11) is 0. The molecule has 0 aliphatic carbocycles. The molecule has 156 valence electrons. The van der Waals surface area contributed by atoms with E-state index in [2.05, 4.69) is 65.4 Å². The summed E-state index contributed by atoms with van der Waals surface area (Å²) in [4.78, 5) is 17.4. The van der Waals surface area contributed by atoms with Crippen molar-refractivity contribution >= 4 is 5.91 Å². The van der Waals surface area contributed by atoms with Gasteiger partial charge in [-0.15, -0.1) is 0 Å². The van der Waals surface area contributed by atoms with E-state index in [1.807, 2.05) is 12.1 Å². The molecule has 1 aliphatic rings. The molecule has 2 aromatic rings. The molecule has 4 nitrogen and oxygen atoms in total. The van der Waals surface area contributed by atoms with Crippen LogP contribution in [-0.4, -0.2) is 41.9 Å². The van der Waals surface area contributed by atoms with Crippen LogP contribution in [0.15, 0.2) is 48.5 Å². The molecule has 1 heterocycles. The van der Waals surface area contributed by atoms with E-state index in [0.717, 1.165) is 37.3 Å². The molecule has 0 spiro atoms. The number of carbonyl (C=O) groups is 1. The minimum atomic E-state index is -0.0123. The van der Waals surface area contributed by atoms with Gasteiger partial charge in [0.25, 0.3) is 5.91 Å². The van der Waals surface area contributed by atoms with Crippen molar-refractivity contribution in [2.75, 3.05) is 26.2 Å². The number of amides is 1. The highest BCUT2D eigenvalue weighted by molar-refractivity contribution is 5.94. The van der Waals surface area contributed by atoms with Crippen molar-refractivity contribution in [2.45, 2.75) is 52.7 Å². The summed E-state index contributed by atoms with van der Waals surface area (Å²) >= 11 is 0. The van der Waals surface area contributed by atoms with Crippen LogP contribution in [0.2, 0.25) is 0 Å². The number of nitrogens with zero attached hydrogens (tertiary/aromatic N) is 2. The highest BCUT2D eigenvalue weighted by Gasteiger charge is 2.11. The van der Waals surface area contributed by atoms with Crippen LogP contribution in [0.1, 0.15) is 60.2 Å². The lowest BCUT2D eigenvalue weighted by Crippen LogP contribution is -2.29. The normalized spacial score (nSPS) is 14.9. The van der Waals surface area contributed by atoms with Gasteiger partial charge in [-0.3, -0.25) is 14.6 Å². The van der Waals surface area contributed by atoms with Gasteiger partial charge < -0.3 is 5.32 Å². The Bertz CT molecular complexity index is 745. The van der Waals surface area contributed by atoms with Gasteiger partial charge in [-0.25, -0.2) is 0 Å². The number of likely N-dealkylation sites (tertiary alicyclic amines) is 1. The predicted molar refractivity (Wildman–Crippen MR) is 120 cm³/mol. The number of hydrogen-bond donors (Lipinski definition) is 1. The van der Waals surface area contributed by atoms with Crippen LogP contribution in [0.3, 0.4) is 0 Å². The lowest BCUT2D eigenvalue weighted by Gasteiger charge is -2.26. The minimum Gasteiger partial charge on any atom is -0.348 e. The lowest BCUT2D eigenvalue weighted by molar-refractivity contribution is 0.0951. The zero-order valence-electron chi connectivity index (χ0n) is 18.0. The molecular formula is C25H35N3O. The second kappa shape index (κ2) is 11.1. The molecule has 1 amide bonds. The van der Waals surface area contributed by atoms with Crippen molar-refractivity contribution in [1.82, 2.24) is 15.1 Å². The van der Waals surface area contributed by atoms with Crippen molar-refractivity contribution in [3.05, 3.63) is 70.8 Å². The first-order chi connectivity index (χ1) is 14.2. The number of carbonyl (C=O) groups excluding carboxylic acids is 1. The Morgan fingerprint density at radius 3 is 2.07 bits per heavy atom. The van der Waals surface area contributed by atoms with Crippen molar-refractivity contribution in [1.29, 1.82) is 0 Å². The maximum Gasteiger partial charge on any atom is 0.251 e. The summed E-state index contributed by atoms with van der Waals surface area (Å²) in [6.45, 7) is 11.4. The predicted octanol–water partition coefficient (Wildman–Crippen LogP) is 4.44. The molecule has 2 aromatic carbocycles. The molecule has 0 bridgehead atoms. The molecule has 29 heavy (non-hydrogen) atoms. The smallest absolute Gasteiger partial charge is 0.251 e. The Balaban J connectivity index is 1.47. The topological polar surface area (TPSA) is 35.6 Å². The van der Waals surface area contributed by atoms with Crippen molar-refractivity contribution < 1.29 is 4.79 Å². The largest absolute Gasteiger partial charge is 0.348 e. The van der Waals surface area contributed by atoms with Gasteiger partial charge in [0.15, 0.2) is 0 Å². The summed E-state index contributed by atoms with van der Waals surface area (Å²) < 4.78 is 0. The summed E-state index contributed by atoms with van der Waals surface area (Å²) in [5, 5.41) is 3.04. The molecule has 3 rings (SSSR count). The summed E-state index contributed by atoms with van der Waals surface area (Å²) in [6, 6.07) is 16.6. The van der Waals surface area contributed by atoms with Gasteiger partial charge >= 0.3 is 0 Å². The van der Waals surface area contributed by atoms with Gasteiger partial charge in [0, 0.05) is 25.2 Å². The molecule has 1 N–H and O–H groups in total. The Morgan fingerprint density at radius 2 is 1.45 bits per heavy atom. The maximum atomic E-state index is 12.5. The van der Waals surface area contributed by atoms with E-state index in [1.54, 1.807) is 0 Å². The van der Waals surface area contributed by atoms with Crippen LogP contribution in [0.25, 0.3) is 0 Å². The van der Waals surface area contributed by atoms with Crippen LogP contribution in [0, 0.1) is 0 Å². The fourth-order valence-corrected chi connectivity index (χ4v) is 3.89. The lowest BCUT2D eigenvalue weighted by atomic mass is 10.1. The van der Waals surface area contributed by atoms with Crippen LogP contribution in [0.4, 0.5) is 0 Å². The molecule has 1 saturated heterocycles. The zero-order chi connectivity index (χ0) is 20.5. The number of rotatable bonds is 9. The first kappa shape index (κ1) is 21.5. The Kier molecular flexibility index (Phi) is 8.26. The van der Waals surface area contributed by atoms with Crippen LogP contribution >= 0.6 is 0 Å². The van der Waals surface area contributed by atoms with Crippen LogP contribution in [-0.2, 0) is 19.6 Å². The second-order valence-corrected chi connectivity index (χ2v) is 7.99. The standard InChI is InChI=1S/C25H35N3O/c1-3-27(4-2)19-22-10-8-21(9-11-22)18-26-25(29)24-14-12-23(13-15-24)20-28-16-6-5-7-17-28/h8-15H,3-7,16-20H2,1-2H3,(H,26,29). The van der Waals surface area contributed by atoms with Gasteiger partial charge in [-0.1, -0.05) is 56.7 Å². The van der Waals surface area contributed by atoms with E-state index in [1.165, 1.54) is 43.5 Å². The Labute approximate surface area is 175 Å². The summed E-state index contributed by atoms with van der Waals surface area (Å²) in [6.07, 6.45) is 3.96. The van der Waals surface area contributed by atoms with Gasteiger partial charge in [-0.2, -0.15) is 0 Å². The Hall–Kier alpha value is -2.17. The molecule has 0 atom stereocenters. The summed E-state index contributed by atoms with van der Waals surface area (Å²) in [5.41, 5.74) is 4.45. The second-order valence-electron chi connectivity index (χ2n) is 7.99. The van der Waals surface area contributed by atoms with Gasteiger partial charge in [0.1, 0.15) is 0 Å². The molecule has 0 radical (unpaired) electrons. The van der Waals surface area contributed by atoms with E-state index in [0.29, 0.717) is 6.54 Å². The van der Waals surface area contributed by atoms with Crippen LogP contribution < -0.4 is 5.32 Å². The first-order valence-electron chi connectivity index (χ1n) is 11.1. The Morgan fingerprint density at radius 1 is 0.862 bits per heavy atom. The van der Waals surface area contributed by atoms with Crippen molar-refractivity contribution in [3.8, 4) is 0 Å². The van der Waals surface area contributed by atoms with Gasteiger partial charge in [-0.05, 0) is 67.8 Å². The monoisotopic (exact) mass is 393 g/mol. The fraction of sp³-hybridized carbons (Fsp3) is 0.480. The number of hydrogen-bond acceptors (Lipinski definition) is 3. The average Bonchev–Trinajstić information content (AvgIpc) is 2.78. The van der Waals surface area contributed by atoms with Crippen molar-refractivity contribution in [3.63, 3.8) is 0 Å². The molecule has 0 saturated carbocycles. The maximum absolute atomic E-state index is 12.5. The molecule has 1 aliphatic heterocycles. The number of benzene rings is 2. The third kappa shape index (κ3) is 6.69. The third-order valence-electron chi connectivity index (χ3n) is 5.85. The van der Waals surface area contributed by atoms with Gasteiger partial charge in [0.05, 0.1) is 0 Å².